The van der Waals surface area contributed by atoms with Crippen LogP contribution in [-0.4, -0.2) is 0 Å². The molecule has 2 aromatic carbocycles. The average molecular weight is 402 g/mol. The van der Waals surface area contributed by atoms with E-state index in [1.165, 1.54) is 100 Å². The average Bonchev–Trinajstić information content (AvgIpc) is 2.81. The summed E-state index contributed by atoms with van der Waals surface area (Å²) in [4.78, 5) is 0. The fraction of sp³-hybridized carbons (Fsp3) is 0.552. The Hall–Kier alpha value is -2.07. The summed E-state index contributed by atoms with van der Waals surface area (Å²) < 4.78 is 0. The minimum Gasteiger partial charge on any atom is -0.192 e. The van der Waals surface area contributed by atoms with E-state index in [4.69, 9.17) is 5.26 Å². The zero-order chi connectivity index (χ0) is 21.0. The molecular weight excluding hydrogens is 362 g/mol. The molecule has 1 nitrogen and oxygen atoms in total. The largest absolute Gasteiger partial charge is 0.192 e. The van der Waals surface area contributed by atoms with Gasteiger partial charge in [0, 0.05) is 0 Å². The number of nitrogens with zero attached hydrogens (tertiary/aromatic N) is 1. The van der Waals surface area contributed by atoms with Crippen LogP contribution in [0.3, 0.4) is 0 Å². The van der Waals surface area contributed by atoms with E-state index in [1.54, 1.807) is 0 Å². The molecule has 0 atom stereocenters. The van der Waals surface area contributed by atoms with E-state index >= 15 is 0 Å². The Morgan fingerprint density at radius 2 is 1.23 bits per heavy atom. The second kappa shape index (κ2) is 12.6. The first-order valence-corrected chi connectivity index (χ1v) is 12.4. The van der Waals surface area contributed by atoms with Crippen LogP contribution in [0.5, 0.6) is 0 Å². The maximum absolute atomic E-state index is 8.96. The Labute approximate surface area is 184 Å². The number of unbranched alkanes of at least 4 members (excludes halogenated alkanes) is 7. The molecule has 0 aliphatic heterocycles. The lowest BCUT2D eigenvalue weighted by atomic mass is 9.77. The molecule has 30 heavy (non-hydrogen) atoms. The van der Waals surface area contributed by atoms with Gasteiger partial charge in [-0.2, -0.15) is 5.26 Å². The summed E-state index contributed by atoms with van der Waals surface area (Å²) in [6.07, 6.45) is 18.5. The third-order valence-corrected chi connectivity index (χ3v) is 7.04. The lowest BCUT2D eigenvalue weighted by molar-refractivity contribution is 0.302. The molecule has 0 spiro atoms. The highest BCUT2D eigenvalue weighted by atomic mass is 14.3. The summed E-state index contributed by atoms with van der Waals surface area (Å²) in [5.41, 5.74) is 4.67. The summed E-state index contributed by atoms with van der Waals surface area (Å²) in [6.45, 7) is 2.29. The van der Waals surface area contributed by atoms with Crippen LogP contribution in [-0.2, 0) is 0 Å². The molecule has 1 saturated carbocycles. The van der Waals surface area contributed by atoms with E-state index in [2.05, 4.69) is 37.3 Å². The zero-order valence-electron chi connectivity index (χ0n) is 18.9. The maximum Gasteiger partial charge on any atom is 0.0991 e. The zero-order valence-corrected chi connectivity index (χ0v) is 18.9. The molecule has 0 unspecified atom stereocenters. The Balaban J connectivity index is 1.36. The van der Waals surface area contributed by atoms with Crippen molar-refractivity contribution in [1.29, 1.82) is 5.26 Å². The molecule has 0 radical (unpaired) electrons. The number of rotatable bonds is 11. The molecule has 0 bridgehead atoms. The molecule has 1 fully saturated rings. The Bertz CT molecular complexity index is 758. The van der Waals surface area contributed by atoms with Crippen molar-refractivity contribution in [3.63, 3.8) is 0 Å². The van der Waals surface area contributed by atoms with Gasteiger partial charge in [0.25, 0.3) is 0 Å². The van der Waals surface area contributed by atoms with Gasteiger partial charge in [-0.3, -0.25) is 0 Å². The molecule has 3 rings (SSSR count). The minimum atomic E-state index is 0.721. The highest BCUT2D eigenvalue weighted by Gasteiger charge is 2.22. The van der Waals surface area contributed by atoms with Crippen LogP contribution in [0.2, 0.25) is 0 Å². The van der Waals surface area contributed by atoms with Crippen molar-refractivity contribution in [3.05, 3.63) is 59.7 Å². The van der Waals surface area contributed by atoms with Crippen LogP contribution in [0.25, 0.3) is 11.1 Å². The van der Waals surface area contributed by atoms with E-state index in [1.807, 2.05) is 24.3 Å². The standard InChI is InChI=1S/C29H39N/c1-2-3-4-5-6-7-8-9-10-24-11-15-26(16-12-24)28-19-21-29(22-20-28)27-17-13-25(23-30)14-18-27/h13-14,17-22,24,26H,2-12,15-16H2,1H3/t24-,26-. The second-order valence-electron chi connectivity index (χ2n) is 9.29. The van der Waals surface area contributed by atoms with Gasteiger partial charge < -0.3 is 0 Å². The van der Waals surface area contributed by atoms with Gasteiger partial charge in [-0.15, -0.1) is 0 Å². The lowest BCUT2D eigenvalue weighted by Crippen LogP contribution is -2.13. The van der Waals surface area contributed by atoms with Gasteiger partial charge in [0.1, 0.15) is 0 Å². The molecule has 1 aliphatic carbocycles. The molecule has 0 heterocycles. The van der Waals surface area contributed by atoms with Crippen molar-refractivity contribution in [2.24, 2.45) is 5.92 Å². The van der Waals surface area contributed by atoms with Gasteiger partial charge in [-0.1, -0.05) is 101 Å². The summed E-state index contributed by atoms with van der Waals surface area (Å²) in [7, 11) is 0. The van der Waals surface area contributed by atoms with Gasteiger partial charge in [-0.25, -0.2) is 0 Å². The summed E-state index contributed by atoms with van der Waals surface area (Å²) >= 11 is 0. The second-order valence-corrected chi connectivity index (χ2v) is 9.29. The van der Waals surface area contributed by atoms with E-state index in [0.29, 0.717) is 0 Å². The highest BCUT2D eigenvalue weighted by Crippen LogP contribution is 2.38. The SMILES string of the molecule is CCCCCCCCCC[C@H]1CC[C@H](c2ccc(-c3ccc(C#N)cc3)cc2)CC1. The molecule has 1 aliphatic rings. The molecule has 0 amide bonds. The van der Waals surface area contributed by atoms with Crippen molar-refractivity contribution in [2.75, 3.05) is 0 Å². The van der Waals surface area contributed by atoms with E-state index in [0.717, 1.165) is 17.4 Å². The topological polar surface area (TPSA) is 23.8 Å². The number of nitriles is 1. The number of benzene rings is 2. The fourth-order valence-corrected chi connectivity index (χ4v) is 5.04. The number of hydrogen-bond acceptors (Lipinski definition) is 1. The maximum atomic E-state index is 8.96. The smallest absolute Gasteiger partial charge is 0.0991 e. The predicted octanol–water partition coefficient (Wildman–Crippen LogP) is 9.03. The van der Waals surface area contributed by atoms with Crippen molar-refractivity contribution in [3.8, 4) is 17.2 Å². The van der Waals surface area contributed by atoms with E-state index in [-0.39, 0.29) is 0 Å². The summed E-state index contributed by atoms with van der Waals surface area (Å²) in [6, 6.07) is 19.2. The summed E-state index contributed by atoms with van der Waals surface area (Å²) in [5.74, 6) is 1.72. The first kappa shape index (κ1) is 22.6. The quantitative estimate of drug-likeness (QED) is 0.344. The molecular formula is C29H39N. The first-order valence-electron chi connectivity index (χ1n) is 12.4. The number of hydrogen-bond donors (Lipinski definition) is 0. The van der Waals surface area contributed by atoms with Crippen molar-refractivity contribution < 1.29 is 0 Å². The van der Waals surface area contributed by atoms with Crippen LogP contribution in [0, 0.1) is 17.2 Å². The van der Waals surface area contributed by atoms with Crippen LogP contribution >= 0.6 is 0 Å². The Kier molecular flexibility index (Phi) is 9.49. The molecule has 2 aromatic rings. The van der Waals surface area contributed by atoms with Gasteiger partial charge in [0.05, 0.1) is 11.6 Å². The van der Waals surface area contributed by atoms with Gasteiger partial charge >= 0.3 is 0 Å². The molecule has 0 saturated heterocycles. The van der Waals surface area contributed by atoms with Gasteiger partial charge in [0.2, 0.25) is 0 Å². The Morgan fingerprint density at radius 3 is 1.80 bits per heavy atom. The Morgan fingerprint density at radius 1 is 0.700 bits per heavy atom. The molecule has 1 heteroatoms. The van der Waals surface area contributed by atoms with Crippen LogP contribution in [0.4, 0.5) is 0 Å². The van der Waals surface area contributed by atoms with Crippen molar-refractivity contribution >= 4 is 0 Å². The minimum absolute atomic E-state index is 0.721. The predicted molar refractivity (Wildman–Crippen MR) is 129 cm³/mol. The van der Waals surface area contributed by atoms with Crippen LogP contribution in [0.1, 0.15) is 107 Å². The summed E-state index contributed by atoms with van der Waals surface area (Å²) in [5, 5.41) is 8.96. The molecule has 0 aromatic heterocycles. The van der Waals surface area contributed by atoms with Crippen LogP contribution < -0.4 is 0 Å². The van der Waals surface area contributed by atoms with Crippen molar-refractivity contribution in [2.45, 2.75) is 96.3 Å². The molecule has 0 N–H and O–H groups in total. The van der Waals surface area contributed by atoms with Gasteiger partial charge in [0.15, 0.2) is 0 Å². The third-order valence-electron chi connectivity index (χ3n) is 7.04. The van der Waals surface area contributed by atoms with E-state index < -0.39 is 0 Å². The van der Waals surface area contributed by atoms with Crippen LogP contribution in [0.15, 0.2) is 48.5 Å². The highest BCUT2D eigenvalue weighted by molar-refractivity contribution is 5.64. The first-order chi connectivity index (χ1) is 14.8. The normalized spacial score (nSPS) is 18.8. The molecule has 160 valence electrons. The fourth-order valence-electron chi connectivity index (χ4n) is 5.04. The lowest BCUT2D eigenvalue weighted by Gasteiger charge is -2.29. The van der Waals surface area contributed by atoms with Crippen molar-refractivity contribution in [1.82, 2.24) is 0 Å². The monoisotopic (exact) mass is 401 g/mol. The van der Waals surface area contributed by atoms with Gasteiger partial charge in [-0.05, 0) is 66.3 Å². The third kappa shape index (κ3) is 7.02. The van der Waals surface area contributed by atoms with E-state index in [9.17, 15) is 0 Å².